The van der Waals surface area contributed by atoms with Crippen LogP contribution in [0.3, 0.4) is 0 Å². The second-order valence-corrected chi connectivity index (χ2v) is 4.46. The predicted molar refractivity (Wildman–Crippen MR) is 63.6 cm³/mol. The van der Waals surface area contributed by atoms with Gasteiger partial charge in [0.2, 0.25) is 5.91 Å². The van der Waals surface area contributed by atoms with Crippen molar-refractivity contribution in [3.63, 3.8) is 0 Å². The van der Waals surface area contributed by atoms with Crippen LogP contribution in [0.5, 0.6) is 0 Å². The van der Waals surface area contributed by atoms with Gasteiger partial charge < -0.3 is 5.73 Å². The SMILES string of the molecule is NC(=O)[C@@H]1CCCN(Cc2ccccc2)C1. The average Bonchev–Trinajstić information content (AvgIpc) is 2.30. The van der Waals surface area contributed by atoms with Crippen molar-refractivity contribution >= 4 is 5.91 Å². The number of primary amides is 1. The molecule has 0 aliphatic carbocycles. The zero-order valence-corrected chi connectivity index (χ0v) is 9.43. The molecule has 1 amide bonds. The van der Waals surface area contributed by atoms with Crippen LogP contribution in [0.2, 0.25) is 0 Å². The molecule has 2 rings (SSSR count). The maximum atomic E-state index is 11.1. The molecule has 86 valence electrons. The number of rotatable bonds is 3. The number of carbonyl (C=O) groups is 1. The summed E-state index contributed by atoms with van der Waals surface area (Å²) in [6, 6.07) is 10.4. The normalized spacial score (nSPS) is 21.9. The Morgan fingerprint density at radius 1 is 1.38 bits per heavy atom. The summed E-state index contributed by atoms with van der Waals surface area (Å²) in [5, 5.41) is 0. The van der Waals surface area contributed by atoms with Crippen molar-refractivity contribution in [1.29, 1.82) is 0 Å². The van der Waals surface area contributed by atoms with Crippen molar-refractivity contribution in [1.82, 2.24) is 4.90 Å². The lowest BCUT2D eigenvalue weighted by atomic mass is 9.97. The largest absolute Gasteiger partial charge is 0.369 e. The van der Waals surface area contributed by atoms with Gasteiger partial charge in [-0.3, -0.25) is 9.69 Å². The highest BCUT2D eigenvalue weighted by Gasteiger charge is 2.23. The van der Waals surface area contributed by atoms with Gasteiger partial charge in [0.1, 0.15) is 0 Å². The fraction of sp³-hybridized carbons (Fsp3) is 0.462. The molecule has 0 bridgehead atoms. The Labute approximate surface area is 96.2 Å². The number of nitrogens with zero attached hydrogens (tertiary/aromatic N) is 1. The first-order chi connectivity index (χ1) is 7.75. The van der Waals surface area contributed by atoms with Gasteiger partial charge in [-0.15, -0.1) is 0 Å². The third-order valence-electron chi connectivity index (χ3n) is 3.16. The lowest BCUT2D eigenvalue weighted by Gasteiger charge is -2.31. The van der Waals surface area contributed by atoms with E-state index in [0.717, 1.165) is 32.5 Å². The Kier molecular flexibility index (Phi) is 3.57. The van der Waals surface area contributed by atoms with Gasteiger partial charge in [0.15, 0.2) is 0 Å². The van der Waals surface area contributed by atoms with E-state index in [1.54, 1.807) is 0 Å². The molecule has 0 unspecified atom stereocenters. The van der Waals surface area contributed by atoms with Gasteiger partial charge in [-0.1, -0.05) is 30.3 Å². The van der Waals surface area contributed by atoms with E-state index in [1.807, 2.05) is 18.2 Å². The first kappa shape index (κ1) is 11.1. The number of amides is 1. The highest BCUT2D eigenvalue weighted by Crippen LogP contribution is 2.17. The monoisotopic (exact) mass is 218 g/mol. The number of likely N-dealkylation sites (tertiary alicyclic amines) is 1. The molecular formula is C13H18N2O. The van der Waals surface area contributed by atoms with E-state index < -0.39 is 0 Å². The number of hydrogen-bond donors (Lipinski definition) is 1. The van der Waals surface area contributed by atoms with Gasteiger partial charge in [0.05, 0.1) is 5.92 Å². The van der Waals surface area contributed by atoms with Crippen LogP contribution >= 0.6 is 0 Å². The Morgan fingerprint density at radius 2 is 2.12 bits per heavy atom. The van der Waals surface area contributed by atoms with Crippen LogP contribution < -0.4 is 5.73 Å². The summed E-state index contributed by atoms with van der Waals surface area (Å²) in [6.45, 7) is 2.80. The Bertz CT molecular complexity index is 350. The molecule has 1 aromatic carbocycles. The standard InChI is InChI=1S/C13H18N2O/c14-13(16)12-7-4-8-15(10-12)9-11-5-2-1-3-6-11/h1-3,5-6,12H,4,7-10H2,(H2,14,16)/t12-/m1/s1. The highest BCUT2D eigenvalue weighted by molar-refractivity contribution is 5.76. The molecular weight excluding hydrogens is 200 g/mol. The van der Waals surface area contributed by atoms with E-state index in [4.69, 9.17) is 5.73 Å². The minimum Gasteiger partial charge on any atom is -0.369 e. The topological polar surface area (TPSA) is 46.3 Å². The smallest absolute Gasteiger partial charge is 0.221 e. The molecule has 16 heavy (non-hydrogen) atoms. The summed E-state index contributed by atoms with van der Waals surface area (Å²) < 4.78 is 0. The van der Waals surface area contributed by atoms with Crippen molar-refractivity contribution in [2.24, 2.45) is 11.7 Å². The fourth-order valence-electron chi connectivity index (χ4n) is 2.27. The highest BCUT2D eigenvalue weighted by atomic mass is 16.1. The van der Waals surface area contributed by atoms with E-state index in [2.05, 4.69) is 17.0 Å². The number of carbonyl (C=O) groups excluding carboxylic acids is 1. The van der Waals surface area contributed by atoms with Gasteiger partial charge in [-0.05, 0) is 24.9 Å². The van der Waals surface area contributed by atoms with Crippen LogP contribution in [-0.4, -0.2) is 23.9 Å². The van der Waals surface area contributed by atoms with Crippen LogP contribution in [0, 0.1) is 5.92 Å². The van der Waals surface area contributed by atoms with Crippen molar-refractivity contribution in [3.05, 3.63) is 35.9 Å². The van der Waals surface area contributed by atoms with Crippen molar-refractivity contribution in [3.8, 4) is 0 Å². The molecule has 3 heteroatoms. The van der Waals surface area contributed by atoms with Crippen molar-refractivity contribution in [2.75, 3.05) is 13.1 Å². The third kappa shape index (κ3) is 2.83. The lowest BCUT2D eigenvalue weighted by molar-refractivity contribution is -0.123. The van der Waals surface area contributed by atoms with Crippen LogP contribution in [-0.2, 0) is 11.3 Å². The molecule has 0 saturated carbocycles. The van der Waals surface area contributed by atoms with Gasteiger partial charge in [-0.25, -0.2) is 0 Å². The first-order valence-electron chi connectivity index (χ1n) is 5.81. The first-order valence-corrected chi connectivity index (χ1v) is 5.81. The van der Waals surface area contributed by atoms with Crippen molar-refractivity contribution in [2.45, 2.75) is 19.4 Å². The Hall–Kier alpha value is -1.35. The number of hydrogen-bond acceptors (Lipinski definition) is 2. The summed E-state index contributed by atoms with van der Waals surface area (Å²) in [5.74, 6) is -0.116. The summed E-state index contributed by atoms with van der Waals surface area (Å²) in [6.07, 6.45) is 2.01. The lowest BCUT2D eigenvalue weighted by Crippen LogP contribution is -2.40. The molecule has 1 saturated heterocycles. The second-order valence-electron chi connectivity index (χ2n) is 4.46. The predicted octanol–water partition coefficient (Wildman–Crippen LogP) is 1.38. The maximum Gasteiger partial charge on any atom is 0.221 e. The van der Waals surface area contributed by atoms with E-state index in [9.17, 15) is 4.79 Å². The van der Waals surface area contributed by atoms with Crippen LogP contribution in [0.1, 0.15) is 18.4 Å². The van der Waals surface area contributed by atoms with E-state index in [0.29, 0.717) is 0 Å². The minimum absolute atomic E-state index is 0.0393. The molecule has 3 nitrogen and oxygen atoms in total. The molecule has 1 aliphatic heterocycles. The number of nitrogens with two attached hydrogens (primary N) is 1. The molecule has 1 fully saturated rings. The minimum atomic E-state index is -0.155. The van der Waals surface area contributed by atoms with Crippen LogP contribution in [0.15, 0.2) is 30.3 Å². The zero-order valence-electron chi connectivity index (χ0n) is 9.43. The van der Waals surface area contributed by atoms with Crippen LogP contribution in [0.25, 0.3) is 0 Å². The Morgan fingerprint density at radius 3 is 2.81 bits per heavy atom. The molecule has 0 aromatic heterocycles. The number of piperidine rings is 1. The molecule has 1 atom stereocenters. The molecule has 2 N–H and O–H groups in total. The summed E-state index contributed by atoms with van der Waals surface area (Å²) in [5.41, 5.74) is 6.66. The summed E-state index contributed by atoms with van der Waals surface area (Å²) in [4.78, 5) is 13.5. The van der Waals surface area contributed by atoms with E-state index in [1.165, 1.54) is 5.56 Å². The van der Waals surface area contributed by atoms with E-state index in [-0.39, 0.29) is 11.8 Å². The summed E-state index contributed by atoms with van der Waals surface area (Å²) in [7, 11) is 0. The molecule has 1 aromatic rings. The van der Waals surface area contributed by atoms with Gasteiger partial charge in [-0.2, -0.15) is 0 Å². The molecule has 1 heterocycles. The quantitative estimate of drug-likeness (QED) is 0.833. The second kappa shape index (κ2) is 5.12. The van der Waals surface area contributed by atoms with E-state index >= 15 is 0 Å². The van der Waals surface area contributed by atoms with Gasteiger partial charge in [0, 0.05) is 13.1 Å². The molecule has 1 aliphatic rings. The number of benzene rings is 1. The van der Waals surface area contributed by atoms with Gasteiger partial charge >= 0.3 is 0 Å². The molecule has 0 radical (unpaired) electrons. The van der Waals surface area contributed by atoms with Crippen LogP contribution in [0.4, 0.5) is 0 Å². The zero-order chi connectivity index (χ0) is 11.4. The third-order valence-corrected chi connectivity index (χ3v) is 3.16. The fourth-order valence-corrected chi connectivity index (χ4v) is 2.27. The van der Waals surface area contributed by atoms with Crippen molar-refractivity contribution < 1.29 is 4.79 Å². The average molecular weight is 218 g/mol. The van der Waals surface area contributed by atoms with Gasteiger partial charge in [0.25, 0.3) is 0 Å². The summed E-state index contributed by atoms with van der Waals surface area (Å²) >= 11 is 0. The molecule has 0 spiro atoms. The maximum absolute atomic E-state index is 11.1. The Balaban J connectivity index is 1.93.